The molecule has 106 valence electrons. The molecule has 4 nitrogen and oxygen atoms in total. The Balaban J connectivity index is 2.64. The molecule has 1 aromatic rings. The summed E-state index contributed by atoms with van der Waals surface area (Å²) in [5, 5.41) is -0.269. The lowest BCUT2D eigenvalue weighted by Crippen LogP contribution is -2.12. The Bertz CT molecular complexity index is 440. The van der Waals surface area contributed by atoms with Gasteiger partial charge >= 0.3 is 12.1 Å². The molecule has 0 radical (unpaired) electrons. The zero-order chi connectivity index (χ0) is 14.5. The van der Waals surface area contributed by atoms with Crippen LogP contribution in [0.2, 0.25) is 0 Å². The van der Waals surface area contributed by atoms with E-state index < -0.39 is 17.8 Å². The van der Waals surface area contributed by atoms with Crippen molar-refractivity contribution in [2.75, 3.05) is 6.61 Å². The molecule has 1 unspecified atom stereocenters. The topological polar surface area (TPSA) is 52.1 Å². The lowest BCUT2D eigenvalue weighted by molar-refractivity contribution is -0.143. The molecule has 1 atom stereocenters. The van der Waals surface area contributed by atoms with Gasteiger partial charge in [-0.05, 0) is 13.0 Å². The van der Waals surface area contributed by atoms with Crippen LogP contribution in [0.5, 0.6) is 0 Å². The molecule has 0 aliphatic rings. The van der Waals surface area contributed by atoms with Crippen molar-refractivity contribution < 1.29 is 22.7 Å². The number of ether oxygens (including phenoxy) is 1. The third-order valence-electron chi connectivity index (χ3n) is 1.99. The highest BCUT2D eigenvalue weighted by molar-refractivity contribution is 7.99. The van der Waals surface area contributed by atoms with Crippen molar-refractivity contribution in [3.8, 4) is 0 Å². The van der Waals surface area contributed by atoms with Crippen molar-refractivity contribution in [2.24, 2.45) is 0 Å². The summed E-state index contributed by atoms with van der Waals surface area (Å²) < 4.78 is 42.1. The van der Waals surface area contributed by atoms with E-state index in [1.165, 1.54) is 0 Å². The third-order valence-corrected chi connectivity index (χ3v) is 2.97. The molecular weight excluding hydrogens is 281 g/mol. The average Bonchev–Trinajstić information content (AvgIpc) is 2.28. The Kier molecular flexibility index (Phi) is 5.59. The second kappa shape index (κ2) is 6.74. The maximum absolute atomic E-state index is 12.4. The van der Waals surface area contributed by atoms with Gasteiger partial charge in [-0.15, -0.1) is 0 Å². The minimum atomic E-state index is -4.50. The van der Waals surface area contributed by atoms with Crippen molar-refractivity contribution in [1.29, 1.82) is 0 Å². The zero-order valence-corrected chi connectivity index (χ0v) is 11.2. The standard InChI is InChI=1S/C11H13F3N2O2S/c1-3-18-9(17)6-7(2)19-10-15-5-4-8(16-10)11(12,13)14/h4-5,7H,3,6H2,1-2H3. The van der Waals surface area contributed by atoms with Crippen molar-refractivity contribution in [3.05, 3.63) is 18.0 Å². The molecule has 0 spiro atoms. The molecule has 0 bridgehead atoms. The number of alkyl halides is 3. The number of hydrogen-bond donors (Lipinski definition) is 0. The van der Waals surface area contributed by atoms with Gasteiger partial charge in [0.15, 0.2) is 5.16 Å². The number of carbonyl (C=O) groups is 1. The lowest BCUT2D eigenvalue weighted by atomic mass is 10.3. The molecule has 0 saturated carbocycles. The van der Waals surface area contributed by atoms with Gasteiger partial charge in [0, 0.05) is 11.4 Å². The Labute approximate surface area is 112 Å². The van der Waals surface area contributed by atoms with Crippen LogP contribution in [0.3, 0.4) is 0 Å². The summed E-state index contributed by atoms with van der Waals surface area (Å²) in [4.78, 5) is 18.4. The van der Waals surface area contributed by atoms with Gasteiger partial charge in [-0.1, -0.05) is 18.7 Å². The number of carbonyl (C=O) groups excluding carboxylic acids is 1. The zero-order valence-electron chi connectivity index (χ0n) is 10.4. The van der Waals surface area contributed by atoms with Crippen LogP contribution >= 0.6 is 11.8 Å². The first-order valence-corrected chi connectivity index (χ1v) is 6.43. The number of nitrogens with zero attached hydrogens (tertiary/aromatic N) is 2. The van der Waals surface area contributed by atoms with Gasteiger partial charge in [0.25, 0.3) is 0 Å². The molecule has 0 aromatic carbocycles. The second-order valence-electron chi connectivity index (χ2n) is 3.66. The first kappa shape index (κ1) is 15.7. The highest BCUT2D eigenvalue weighted by Crippen LogP contribution is 2.29. The van der Waals surface area contributed by atoms with Crippen molar-refractivity contribution in [2.45, 2.75) is 36.9 Å². The van der Waals surface area contributed by atoms with Gasteiger partial charge in [0.05, 0.1) is 13.0 Å². The second-order valence-corrected chi connectivity index (χ2v) is 5.07. The van der Waals surface area contributed by atoms with Crippen LogP contribution < -0.4 is 0 Å². The van der Waals surface area contributed by atoms with Crippen molar-refractivity contribution >= 4 is 17.7 Å². The van der Waals surface area contributed by atoms with Crippen LogP contribution in [-0.4, -0.2) is 27.8 Å². The number of aromatic nitrogens is 2. The predicted molar refractivity (Wildman–Crippen MR) is 63.6 cm³/mol. The molecule has 1 heterocycles. The summed E-state index contributed by atoms with van der Waals surface area (Å²) in [5.41, 5.74) is -0.992. The minimum Gasteiger partial charge on any atom is -0.466 e. The largest absolute Gasteiger partial charge is 0.466 e. The third kappa shape index (κ3) is 5.46. The van der Waals surface area contributed by atoms with Crippen LogP contribution in [0.4, 0.5) is 13.2 Å². The van der Waals surface area contributed by atoms with Crippen LogP contribution in [0.25, 0.3) is 0 Å². The molecule has 0 saturated heterocycles. The summed E-state index contributed by atoms with van der Waals surface area (Å²) in [5.74, 6) is -0.394. The van der Waals surface area contributed by atoms with E-state index in [9.17, 15) is 18.0 Å². The molecule has 0 amide bonds. The number of halogens is 3. The predicted octanol–water partition coefficient (Wildman–Crippen LogP) is 2.93. The van der Waals surface area contributed by atoms with Crippen molar-refractivity contribution in [1.82, 2.24) is 9.97 Å². The molecule has 0 aliphatic heterocycles. The van der Waals surface area contributed by atoms with E-state index >= 15 is 0 Å². The van der Waals surface area contributed by atoms with Gasteiger partial charge in [-0.2, -0.15) is 13.2 Å². The van der Waals surface area contributed by atoms with Gasteiger partial charge in [-0.25, -0.2) is 9.97 Å². The van der Waals surface area contributed by atoms with E-state index in [1.54, 1.807) is 13.8 Å². The first-order valence-electron chi connectivity index (χ1n) is 5.55. The summed E-state index contributed by atoms with van der Waals surface area (Å²) in [6.07, 6.45) is -3.35. The summed E-state index contributed by atoms with van der Waals surface area (Å²) >= 11 is 1.00. The molecule has 0 aliphatic carbocycles. The lowest BCUT2D eigenvalue weighted by Gasteiger charge is -2.10. The number of thioether (sulfide) groups is 1. The van der Waals surface area contributed by atoms with Gasteiger partial charge in [0.2, 0.25) is 0 Å². The summed E-state index contributed by atoms with van der Waals surface area (Å²) in [6.45, 7) is 3.66. The molecule has 8 heteroatoms. The molecular formula is C11H13F3N2O2S. The number of hydrogen-bond acceptors (Lipinski definition) is 5. The molecule has 0 N–H and O–H groups in total. The molecule has 19 heavy (non-hydrogen) atoms. The van der Waals surface area contributed by atoms with E-state index in [-0.39, 0.29) is 23.4 Å². The van der Waals surface area contributed by atoms with Gasteiger partial charge in [0.1, 0.15) is 5.69 Å². The molecule has 1 rings (SSSR count). The number of rotatable bonds is 5. The summed E-state index contributed by atoms with van der Waals surface area (Å²) in [6, 6.07) is 0.806. The van der Waals surface area contributed by atoms with E-state index in [1.807, 2.05) is 0 Å². The quantitative estimate of drug-likeness (QED) is 0.475. The van der Waals surface area contributed by atoms with Crippen molar-refractivity contribution in [3.63, 3.8) is 0 Å². The monoisotopic (exact) mass is 294 g/mol. The highest BCUT2D eigenvalue weighted by atomic mass is 32.2. The molecule has 1 aromatic heterocycles. The van der Waals surface area contributed by atoms with E-state index in [4.69, 9.17) is 4.74 Å². The maximum Gasteiger partial charge on any atom is 0.433 e. The number of esters is 1. The van der Waals surface area contributed by atoms with E-state index in [0.717, 1.165) is 24.0 Å². The Morgan fingerprint density at radius 1 is 1.53 bits per heavy atom. The Morgan fingerprint density at radius 3 is 2.79 bits per heavy atom. The molecule has 0 fully saturated rings. The Hall–Kier alpha value is -1.31. The fourth-order valence-electron chi connectivity index (χ4n) is 1.23. The van der Waals surface area contributed by atoms with Gasteiger partial charge < -0.3 is 4.74 Å². The van der Waals surface area contributed by atoms with Crippen LogP contribution in [0, 0.1) is 0 Å². The summed E-state index contributed by atoms with van der Waals surface area (Å²) in [7, 11) is 0. The smallest absolute Gasteiger partial charge is 0.433 e. The van der Waals surface area contributed by atoms with Crippen LogP contribution in [0.1, 0.15) is 26.0 Å². The first-order chi connectivity index (χ1) is 8.82. The highest BCUT2D eigenvalue weighted by Gasteiger charge is 2.32. The van der Waals surface area contributed by atoms with Gasteiger partial charge in [-0.3, -0.25) is 4.79 Å². The maximum atomic E-state index is 12.4. The normalized spacial score (nSPS) is 13.1. The van der Waals surface area contributed by atoms with Crippen LogP contribution in [0.15, 0.2) is 17.4 Å². The van der Waals surface area contributed by atoms with Crippen LogP contribution in [-0.2, 0) is 15.7 Å². The Morgan fingerprint density at radius 2 is 2.21 bits per heavy atom. The van der Waals surface area contributed by atoms with E-state index in [2.05, 4.69) is 9.97 Å². The SMILES string of the molecule is CCOC(=O)CC(C)Sc1nccc(C(F)(F)F)n1. The fraction of sp³-hybridized carbons (Fsp3) is 0.545. The van der Waals surface area contributed by atoms with E-state index in [0.29, 0.717) is 0 Å². The fourth-order valence-corrected chi connectivity index (χ4v) is 2.08. The minimum absolute atomic E-state index is 0.00776. The average molecular weight is 294 g/mol.